The zero-order chi connectivity index (χ0) is 16.7. The molecule has 0 amide bonds. The number of aromatic nitrogens is 2. The molecule has 1 aromatic heterocycles. The Morgan fingerprint density at radius 1 is 1.00 bits per heavy atom. The Hall–Kier alpha value is -1.35. The minimum atomic E-state index is -0.346. The SMILES string of the molecule is CC(C)OC(C)(C)c1n(C(C)C)c2ccccc2[n+]1C(C)C. The lowest BCUT2D eigenvalue weighted by Gasteiger charge is -2.27. The molecule has 0 bridgehead atoms. The zero-order valence-electron chi connectivity index (χ0n) is 15.3. The van der Waals surface area contributed by atoms with Crippen LogP contribution < -0.4 is 4.57 Å². The van der Waals surface area contributed by atoms with Crippen molar-refractivity contribution in [2.24, 2.45) is 0 Å². The number of rotatable bonds is 5. The van der Waals surface area contributed by atoms with Crippen LogP contribution in [-0.2, 0) is 10.3 Å². The molecule has 0 atom stereocenters. The van der Waals surface area contributed by atoms with Crippen LogP contribution in [0.15, 0.2) is 24.3 Å². The van der Waals surface area contributed by atoms with Gasteiger partial charge in [0.25, 0.3) is 5.82 Å². The molecule has 122 valence electrons. The Morgan fingerprint density at radius 3 is 2.09 bits per heavy atom. The smallest absolute Gasteiger partial charge is 0.290 e. The first-order valence-corrected chi connectivity index (χ1v) is 8.39. The van der Waals surface area contributed by atoms with E-state index >= 15 is 0 Å². The lowest BCUT2D eigenvalue weighted by molar-refractivity contribution is -0.706. The molecule has 0 N–H and O–H groups in total. The molecule has 0 saturated heterocycles. The molecule has 2 aromatic rings. The van der Waals surface area contributed by atoms with E-state index in [4.69, 9.17) is 4.74 Å². The van der Waals surface area contributed by atoms with Crippen molar-refractivity contribution < 1.29 is 9.30 Å². The summed E-state index contributed by atoms with van der Waals surface area (Å²) in [6, 6.07) is 9.43. The quantitative estimate of drug-likeness (QED) is 0.729. The summed E-state index contributed by atoms with van der Waals surface area (Å²) >= 11 is 0. The number of fused-ring (bicyclic) bond motifs is 1. The van der Waals surface area contributed by atoms with Crippen LogP contribution in [-0.4, -0.2) is 10.7 Å². The molecule has 0 aliphatic heterocycles. The van der Waals surface area contributed by atoms with Gasteiger partial charge in [-0.3, -0.25) is 0 Å². The number of ether oxygens (including phenoxy) is 1. The minimum absolute atomic E-state index is 0.189. The number of hydrogen-bond donors (Lipinski definition) is 0. The fourth-order valence-corrected chi connectivity index (χ4v) is 3.48. The molecule has 0 unspecified atom stereocenters. The summed E-state index contributed by atoms with van der Waals surface area (Å²) in [5.74, 6) is 1.24. The Balaban J connectivity index is 2.85. The van der Waals surface area contributed by atoms with E-state index in [1.54, 1.807) is 0 Å². The van der Waals surface area contributed by atoms with Gasteiger partial charge in [-0.2, -0.15) is 0 Å². The highest BCUT2D eigenvalue weighted by Crippen LogP contribution is 2.31. The van der Waals surface area contributed by atoms with E-state index in [-0.39, 0.29) is 11.7 Å². The van der Waals surface area contributed by atoms with Crippen molar-refractivity contribution in [2.45, 2.75) is 79.2 Å². The van der Waals surface area contributed by atoms with Crippen molar-refractivity contribution in [1.82, 2.24) is 4.57 Å². The van der Waals surface area contributed by atoms with Crippen LogP contribution in [0.2, 0.25) is 0 Å². The molecule has 1 aromatic carbocycles. The summed E-state index contributed by atoms with van der Waals surface area (Å²) in [6.45, 7) is 17.5. The molecule has 0 aliphatic carbocycles. The number of nitrogens with zero attached hydrogens (tertiary/aromatic N) is 2. The Morgan fingerprint density at radius 2 is 1.59 bits per heavy atom. The Kier molecular flexibility index (Phi) is 4.67. The normalized spacial score (nSPS) is 13.0. The van der Waals surface area contributed by atoms with Gasteiger partial charge in [0.05, 0.1) is 18.2 Å². The molecule has 3 heteroatoms. The molecule has 0 saturated carbocycles. The molecular formula is C19H31N2O+. The van der Waals surface area contributed by atoms with Crippen LogP contribution >= 0.6 is 0 Å². The summed E-state index contributed by atoms with van der Waals surface area (Å²) in [7, 11) is 0. The van der Waals surface area contributed by atoms with Crippen LogP contribution in [0.3, 0.4) is 0 Å². The third-order valence-electron chi connectivity index (χ3n) is 3.96. The molecule has 0 radical (unpaired) electrons. The average Bonchev–Trinajstić information content (AvgIpc) is 2.73. The van der Waals surface area contributed by atoms with Gasteiger partial charge >= 0.3 is 0 Å². The summed E-state index contributed by atoms with van der Waals surface area (Å²) < 4.78 is 11.1. The molecular weight excluding hydrogens is 272 g/mol. The molecule has 0 fully saturated rings. The van der Waals surface area contributed by atoms with Gasteiger partial charge in [0, 0.05) is 0 Å². The van der Waals surface area contributed by atoms with Crippen molar-refractivity contribution in [3.63, 3.8) is 0 Å². The maximum atomic E-state index is 6.29. The van der Waals surface area contributed by atoms with E-state index in [1.165, 1.54) is 16.9 Å². The van der Waals surface area contributed by atoms with Crippen LogP contribution in [0.1, 0.15) is 73.3 Å². The summed E-state index contributed by atoms with van der Waals surface area (Å²) in [4.78, 5) is 0. The number of imidazole rings is 1. The maximum Gasteiger partial charge on any atom is 0.290 e. The molecule has 3 nitrogen and oxygen atoms in total. The van der Waals surface area contributed by atoms with Crippen LogP contribution in [0, 0.1) is 0 Å². The first-order chi connectivity index (χ1) is 10.2. The molecule has 2 rings (SSSR count). The molecule has 0 spiro atoms. The lowest BCUT2D eigenvalue weighted by atomic mass is 10.1. The minimum Gasteiger partial charge on any atom is -0.360 e. The number of benzene rings is 1. The zero-order valence-corrected chi connectivity index (χ0v) is 15.3. The topological polar surface area (TPSA) is 18.0 Å². The summed E-state index contributed by atoms with van der Waals surface area (Å²) in [5, 5.41) is 0. The van der Waals surface area contributed by atoms with E-state index in [0.717, 1.165) is 0 Å². The van der Waals surface area contributed by atoms with E-state index in [9.17, 15) is 0 Å². The van der Waals surface area contributed by atoms with E-state index < -0.39 is 0 Å². The van der Waals surface area contributed by atoms with Gasteiger partial charge in [0.1, 0.15) is 0 Å². The first kappa shape index (κ1) is 17.0. The van der Waals surface area contributed by atoms with Gasteiger partial charge in [-0.1, -0.05) is 12.1 Å². The summed E-state index contributed by atoms with van der Waals surface area (Å²) in [6.07, 6.45) is 0.189. The third kappa shape index (κ3) is 2.91. The van der Waals surface area contributed by atoms with Crippen molar-refractivity contribution in [2.75, 3.05) is 0 Å². The average molecular weight is 303 g/mol. The van der Waals surface area contributed by atoms with Crippen LogP contribution in [0.4, 0.5) is 0 Å². The van der Waals surface area contributed by atoms with Gasteiger partial charge in [0.2, 0.25) is 0 Å². The monoisotopic (exact) mass is 303 g/mol. The highest BCUT2D eigenvalue weighted by Gasteiger charge is 2.40. The van der Waals surface area contributed by atoms with Crippen LogP contribution in [0.5, 0.6) is 0 Å². The van der Waals surface area contributed by atoms with E-state index in [0.29, 0.717) is 12.1 Å². The number of hydrogen-bond acceptors (Lipinski definition) is 1. The third-order valence-corrected chi connectivity index (χ3v) is 3.96. The van der Waals surface area contributed by atoms with Crippen molar-refractivity contribution >= 4 is 11.0 Å². The highest BCUT2D eigenvalue weighted by atomic mass is 16.5. The fraction of sp³-hybridized carbons (Fsp3) is 0.632. The maximum absolute atomic E-state index is 6.29. The second kappa shape index (κ2) is 6.04. The van der Waals surface area contributed by atoms with Crippen molar-refractivity contribution in [3.05, 3.63) is 30.1 Å². The second-order valence-corrected chi connectivity index (χ2v) is 7.42. The molecule has 0 aliphatic rings. The molecule has 22 heavy (non-hydrogen) atoms. The summed E-state index contributed by atoms with van der Waals surface area (Å²) in [5.41, 5.74) is 2.21. The van der Waals surface area contributed by atoms with E-state index in [1.807, 2.05) is 0 Å². The van der Waals surface area contributed by atoms with Gasteiger partial charge in [0.15, 0.2) is 16.6 Å². The van der Waals surface area contributed by atoms with Gasteiger partial charge in [-0.25, -0.2) is 9.13 Å². The van der Waals surface area contributed by atoms with Gasteiger partial charge in [-0.05, 0) is 67.5 Å². The second-order valence-electron chi connectivity index (χ2n) is 7.42. The predicted octanol–water partition coefficient (Wildman–Crippen LogP) is 4.75. The Bertz CT molecular complexity index is 606. The lowest BCUT2D eigenvalue weighted by Crippen LogP contribution is -2.47. The fourth-order valence-electron chi connectivity index (χ4n) is 3.48. The largest absolute Gasteiger partial charge is 0.360 e. The van der Waals surface area contributed by atoms with Gasteiger partial charge in [-0.15, -0.1) is 0 Å². The van der Waals surface area contributed by atoms with Crippen LogP contribution in [0.25, 0.3) is 11.0 Å². The highest BCUT2D eigenvalue weighted by molar-refractivity contribution is 5.72. The first-order valence-electron chi connectivity index (χ1n) is 8.39. The van der Waals surface area contributed by atoms with Gasteiger partial charge < -0.3 is 4.74 Å². The number of para-hydroxylation sites is 2. The standard InChI is InChI=1S/C19H31N2O/c1-13(2)20-16-11-9-10-12-17(16)21(14(3)4)18(20)19(7,8)22-15(5)6/h9-15H,1-8H3/q+1. The van der Waals surface area contributed by atoms with E-state index in [2.05, 4.69) is 88.8 Å². The Labute approximate surface area is 134 Å². The van der Waals surface area contributed by atoms with Crippen molar-refractivity contribution in [3.8, 4) is 0 Å². The predicted molar refractivity (Wildman–Crippen MR) is 92.2 cm³/mol. The molecule has 1 heterocycles. The van der Waals surface area contributed by atoms with Crippen molar-refractivity contribution in [1.29, 1.82) is 0 Å².